The Bertz CT molecular complexity index is 483. The number of carbonyl (C=O) groups is 2. The molecular weight excluding hydrogens is 266 g/mol. The van der Waals surface area contributed by atoms with Crippen LogP contribution in [0.1, 0.15) is 31.7 Å². The first-order valence-electron chi connectivity index (χ1n) is 7.48. The molecule has 1 aromatic rings. The van der Waals surface area contributed by atoms with Crippen LogP contribution in [0.5, 0.6) is 0 Å². The summed E-state index contributed by atoms with van der Waals surface area (Å²) in [7, 11) is 1.65. The molecule has 3 unspecified atom stereocenters. The molecule has 1 N–H and O–H groups in total. The van der Waals surface area contributed by atoms with E-state index < -0.39 is 0 Å². The lowest BCUT2D eigenvalue weighted by molar-refractivity contribution is -0.127. The Balaban J connectivity index is 1.98. The molecule has 4 heteroatoms. The van der Waals surface area contributed by atoms with Crippen molar-refractivity contribution in [1.29, 1.82) is 0 Å². The van der Waals surface area contributed by atoms with Crippen molar-refractivity contribution in [1.82, 2.24) is 0 Å². The quantitative estimate of drug-likeness (QED) is 0.848. The summed E-state index contributed by atoms with van der Waals surface area (Å²) in [6, 6.07) is 7.60. The van der Waals surface area contributed by atoms with E-state index in [-0.39, 0.29) is 17.7 Å². The predicted octanol–water partition coefficient (Wildman–Crippen LogP) is 3.02. The maximum atomic E-state index is 12.4. The van der Waals surface area contributed by atoms with Gasteiger partial charge in [0.1, 0.15) is 6.29 Å². The van der Waals surface area contributed by atoms with Gasteiger partial charge in [-0.25, -0.2) is 0 Å². The van der Waals surface area contributed by atoms with Crippen LogP contribution < -0.4 is 5.32 Å². The number of amides is 1. The minimum atomic E-state index is -0.197. The van der Waals surface area contributed by atoms with Gasteiger partial charge in [-0.1, -0.05) is 19.1 Å². The molecule has 3 atom stereocenters. The fourth-order valence-electron chi connectivity index (χ4n) is 2.99. The van der Waals surface area contributed by atoms with Crippen LogP contribution in [0.4, 0.5) is 5.69 Å². The monoisotopic (exact) mass is 289 g/mol. The van der Waals surface area contributed by atoms with Crippen LogP contribution in [-0.4, -0.2) is 19.3 Å². The highest BCUT2D eigenvalue weighted by Crippen LogP contribution is 2.33. The van der Waals surface area contributed by atoms with Crippen LogP contribution in [0.3, 0.4) is 0 Å². The number of hydrogen-bond donors (Lipinski definition) is 1. The van der Waals surface area contributed by atoms with E-state index >= 15 is 0 Å². The molecule has 0 saturated heterocycles. The van der Waals surface area contributed by atoms with E-state index in [1.165, 1.54) is 0 Å². The van der Waals surface area contributed by atoms with Gasteiger partial charge in [0, 0.05) is 24.6 Å². The molecule has 1 fully saturated rings. The van der Waals surface area contributed by atoms with E-state index in [0.717, 1.165) is 36.8 Å². The summed E-state index contributed by atoms with van der Waals surface area (Å²) in [5, 5.41) is 2.92. The molecule has 0 aliphatic heterocycles. The third-order valence-corrected chi connectivity index (χ3v) is 4.21. The summed E-state index contributed by atoms with van der Waals surface area (Å²) < 4.78 is 5.06. The lowest BCUT2D eigenvalue weighted by Crippen LogP contribution is -2.34. The number of anilines is 1. The number of rotatable bonds is 5. The number of aldehydes is 1. The fourth-order valence-corrected chi connectivity index (χ4v) is 2.99. The second kappa shape index (κ2) is 7.36. The lowest BCUT2D eigenvalue weighted by Gasteiger charge is -2.30. The van der Waals surface area contributed by atoms with Crippen molar-refractivity contribution in [3.8, 4) is 0 Å². The standard InChI is InChI=1S/C17H23NO3/c1-12-3-8-16(14(9-12)10-19)17(20)18-15-6-4-13(5-7-15)11-21-2/h4-7,10,12,14,16H,3,8-9,11H2,1-2H3,(H,18,20). The molecule has 0 aromatic heterocycles. The molecule has 4 nitrogen and oxygen atoms in total. The summed E-state index contributed by atoms with van der Waals surface area (Å²) in [6.07, 6.45) is 3.56. The maximum Gasteiger partial charge on any atom is 0.228 e. The smallest absolute Gasteiger partial charge is 0.228 e. The van der Waals surface area contributed by atoms with E-state index in [2.05, 4.69) is 12.2 Å². The molecule has 0 spiro atoms. The van der Waals surface area contributed by atoms with Gasteiger partial charge in [-0.05, 0) is 42.9 Å². The highest BCUT2D eigenvalue weighted by molar-refractivity contribution is 5.94. The summed E-state index contributed by atoms with van der Waals surface area (Å²) in [6.45, 7) is 2.70. The fraction of sp³-hybridized carbons (Fsp3) is 0.529. The van der Waals surface area contributed by atoms with Gasteiger partial charge in [-0.15, -0.1) is 0 Å². The molecule has 1 aliphatic carbocycles. The lowest BCUT2D eigenvalue weighted by atomic mass is 9.75. The molecule has 2 rings (SSSR count). The number of ether oxygens (including phenoxy) is 1. The average Bonchev–Trinajstić information content (AvgIpc) is 2.49. The topological polar surface area (TPSA) is 55.4 Å². The predicted molar refractivity (Wildman–Crippen MR) is 81.8 cm³/mol. The molecule has 0 bridgehead atoms. The number of nitrogens with one attached hydrogen (secondary N) is 1. The van der Waals surface area contributed by atoms with E-state index in [4.69, 9.17) is 4.74 Å². The van der Waals surface area contributed by atoms with Crippen molar-refractivity contribution in [2.45, 2.75) is 32.8 Å². The molecule has 1 amide bonds. The molecule has 1 aromatic carbocycles. The minimum absolute atomic E-state index is 0.0431. The molecule has 0 radical (unpaired) electrons. The first kappa shape index (κ1) is 15.7. The van der Waals surface area contributed by atoms with E-state index in [1.54, 1.807) is 7.11 Å². The van der Waals surface area contributed by atoms with Crippen molar-refractivity contribution in [2.24, 2.45) is 17.8 Å². The highest BCUT2D eigenvalue weighted by atomic mass is 16.5. The van der Waals surface area contributed by atoms with Crippen LogP contribution in [0.15, 0.2) is 24.3 Å². The molecule has 21 heavy (non-hydrogen) atoms. The Morgan fingerprint density at radius 3 is 2.67 bits per heavy atom. The van der Waals surface area contributed by atoms with Crippen LogP contribution in [0.2, 0.25) is 0 Å². The Kier molecular flexibility index (Phi) is 5.51. The Morgan fingerprint density at radius 1 is 1.33 bits per heavy atom. The first-order valence-corrected chi connectivity index (χ1v) is 7.48. The zero-order valence-corrected chi connectivity index (χ0v) is 12.7. The largest absolute Gasteiger partial charge is 0.380 e. The zero-order chi connectivity index (χ0) is 15.2. The third kappa shape index (κ3) is 4.14. The van der Waals surface area contributed by atoms with Crippen LogP contribution >= 0.6 is 0 Å². The second-order valence-electron chi connectivity index (χ2n) is 5.94. The molecule has 1 aliphatic rings. The summed E-state index contributed by atoms with van der Waals surface area (Å²) in [5.74, 6) is 0.134. The third-order valence-electron chi connectivity index (χ3n) is 4.21. The molecular formula is C17H23NO3. The first-order chi connectivity index (χ1) is 10.1. The van der Waals surface area contributed by atoms with Crippen molar-refractivity contribution >= 4 is 17.9 Å². The number of benzene rings is 1. The van der Waals surface area contributed by atoms with E-state index in [9.17, 15) is 9.59 Å². The molecule has 0 heterocycles. The summed E-state index contributed by atoms with van der Waals surface area (Å²) >= 11 is 0. The van der Waals surface area contributed by atoms with Gasteiger partial charge in [-0.2, -0.15) is 0 Å². The molecule has 114 valence electrons. The van der Waals surface area contributed by atoms with Gasteiger partial charge in [0.05, 0.1) is 6.61 Å². The van der Waals surface area contributed by atoms with Crippen molar-refractivity contribution in [3.05, 3.63) is 29.8 Å². The van der Waals surface area contributed by atoms with Gasteiger partial charge in [0.2, 0.25) is 5.91 Å². The van der Waals surface area contributed by atoms with Gasteiger partial charge < -0.3 is 14.8 Å². The number of methoxy groups -OCH3 is 1. The van der Waals surface area contributed by atoms with Crippen LogP contribution in [-0.2, 0) is 20.9 Å². The van der Waals surface area contributed by atoms with E-state index in [1.807, 2.05) is 24.3 Å². The van der Waals surface area contributed by atoms with Crippen LogP contribution in [0.25, 0.3) is 0 Å². The number of hydrogen-bond acceptors (Lipinski definition) is 3. The van der Waals surface area contributed by atoms with Gasteiger partial charge in [0.25, 0.3) is 0 Å². The second-order valence-corrected chi connectivity index (χ2v) is 5.94. The normalized spacial score (nSPS) is 25.3. The van der Waals surface area contributed by atoms with Crippen molar-refractivity contribution < 1.29 is 14.3 Å². The Labute approximate surface area is 125 Å². The SMILES string of the molecule is COCc1ccc(NC(=O)C2CCC(C)CC2C=O)cc1. The Hall–Kier alpha value is -1.68. The molecule has 1 saturated carbocycles. The minimum Gasteiger partial charge on any atom is -0.380 e. The summed E-state index contributed by atoms with van der Waals surface area (Å²) in [4.78, 5) is 23.6. The van der Waals surface area contributed by atoms with Gasteiger partial charge >= 0.3 is 0 Å². The maximum absolute atomic E-state index is 12.4. The highest BCUT2D eigenvalue weighted by Gasteiger charge is 2.33. The van der Waals surface area contributed by atoms with Gasteiger partial charge in [0.15, 0.2) is 0 Å². The van der Waals surface area contributed by atoms with Crippen LogP contribution in [0, 0.1) is 17.8 Å². The van der Waals surface area contributed by atoms with Crippen molar-refractivity contribution in [2.75, 3.05) is 12.4 Å². The Morgan fingerprint density at radius 2 is 2.05 bits per heavy atom. The zero-order valence-electron chi connectivity index (χ0n) is 12.7. The number of carbonyl (C=O) groups excluding carboxylic acids is 2. The van der Waals surface area contributed by atoms with Gasteiger partial charge in [-0.3, -0.25) is 4.79 Å². The summed E-state index contributed by atoms with van der Waals surface area (Å²) in [5.41, 5.74) is 1.83. The van der Waals surface area contributed by atoms with Crippen molar-refractivity contribution in [3.63, 3.8) is 0 Å². The average molecular weight is 289 g/mol. The van der Waals surface area contributed by atoms with E-state index in [0.29, 0.717) is 12.5 Å².